The van der Waals surface area contributed by atoms with Gasteiger partial charge in [0, 0.05) is 12.2 Å². The van der Waals surface area contributed by atoms with Crippen LogP contribution in [0.4, 0.5) is 0 Å². The van der Waals surface area contributed by atoms with Crippen LogP contribution in [-0.4, -0.2) is 40.2 Å². The molecule has 7 heteroatoms. The smallest absolute Gasteiger partial charge is 0.269 e. The van der Waals surface area contributed by atoms with Crippen molar-refractivity contribution in [3.8, 4) is 5.75 Å². The highest BCUT2D eigenvalue weighted by atomic mass is 16.5. The summed E-state index contributed by atoms with van der Waals surface area (Å²) in [7, 11) is 0. The van der Waals surface area contributed by atoms with Crippen LogP contribution in [0.1, 0.15) is 46.5 Å². The Labute approximate surface area is 145 Å². The Morgan fingerprint density at radius 3 is 2.80 bits per heavy atom. The van der Waals surface area contributed by atoms with Crippen LogP contribution < -0.4 is 15.4 Å². The largest absolute Gasteiger partial charge is 0.485 e. The standard InChI is InChI=1S/C18H20N4O3/c23-16-13-3-1-2-4-15(13)25-18(11-19-16)8-5-12(6-9-18)21-17(24)14-7-10-20-22-14/h1-4,7,10,12H,5-6,8-9,11H2,(H,19,23)(H,20,22)(H,21,24). The van der Waals surface area contributed by atoms with Crippen molar-refractivity contribution in [2.45, 2.75) is 37.3 Å². The number of nitrogens with zero attached hydrogens (tertiary/aromatic N) is 1. The van der Waals surface area contributed by atoms with Crippen LogP contribution in [0.25, 0.3) is 0 Å². The first kappa shape index (κ1) is 15.7. The van der Waals surface area contributed by atoms with Gasteiger partial charge in [0.05, 0.1) is 12.1 Å². The molecule has 25 heavy (non-hydrogen) atoms. The van der Waals surface area contributed by atoms with Crippen LogP contribution in [0, 0.1) is 0 Å². The highest BCUT2D eigenvalue weighted by Crippen LogP contribution is 2.36. The van der Waals surface area contributed by atoms with Gasteiger partial charge in [-0.05, 0) is 43.9 Å². The summed E-state index contributed by atoms with van der Waals surface area (Å²) in [5, 5.41) is 12.5. The molecule has 0 saturated heterocycles. The lowest BCUT2D eigenvalue weighted by atomic mass is 9.81. The molecule has 0 radical (unpaired) electrons. The minimum absolute atomic E-state index is 0.0952. The molecule has 0 atom stereocenters. The molecule has 1 aliphatic carbocycles. The first-order valence-corrected chi connectivity index (χ1v) is 8.52. The number of carbonyl (C=O) groups excluding carboxylic acids is 2. The highest BCUT2D eigenvalue weighted by molar-refractivity contribution is 5.97. The van der Waals surface area contributed by atoms with Crippen molar-refractivity contribution >= 4 is 11.8 Å². The molecule has 1 aromatic carbocycles. The second kappa shape index (κ2) is 6.23. The molecule has 2 aromatic rings. The molecule has 1 spiro atoms. The molecule has 1 aliphatic heterocycles. The number of H-pyrrole nitrogens is 1. The fourth-order valence-corrected chi connectivity index (χ4v) is 3.56. The Balaban J connectivity index is 1.43. The van der Waals surface area contributed by atoms with E-state index in [1.54, 1.807) is 18.3 Å². The third kappa shape index (κ3) is 3.09. The summed E-state index contributed by atoms with van der Waals surface area (Å²) in [6.07, 6.45) is 4.71. The van der Waals surface area contributed by atoms with Crippen LogP contribution in [0.5, 0.6) is 5.75 Å². The van der Waals surface area contributed by atoms with Crippen molar-refractivity contribution in [1.29, 1.82) is 0 Å². The quantitative estimate of drug-likeness (QED) is 0.774. The zero-order valence-electron chi connectivity index (χ0n) is 13.7. The average molecular weight is 340 g/mol. The number of fused-ring (bicyclic) bond motifs is 1. The number of nitrogens with one attached hydrogen (secondary N) is 3. The third-order valence-corrected chi connectivity index (χ3v) is 5.01. The van der Waals surface area contributed by atoms with Crippen LogP contribution in [-0.2, 0) is 0 Å². The fraction of sp³-hybridized carbons (Fsp3) is 0.389. The highest BCUT2D eigenvalue weighted by Gasteiger charge is 2.40. The van der Waals surface area contributed by atoms with Crippen LogP contribution in [0.3, 0.4) is 0 Å². The minimum atomic E-state index is -0.405. The second-order valence-corrected chi connectivity index (χ2v) is 6.68. The van der Waals surface area contributed by atoms with Gasteiger partial charge in [0.2, 0.25) is 0 Å². The Morgan fingerprint density at radius 2 is 2.04 bits per heavy atom. The average Bonchev–Trinajstić information content (AvgIpc) is 3.13. The summed E-state index contributed by atoms with van der Waals surface area (Å²) in [5.74, 6) is 0.401. The predicted octanol–water partition coefficient (Wildman–Crippen LogP) is 1.64. The Bertz CT molecular complexity index is 779. The van der Waals surface area contributed by atoms with E-state index in [1.807, 2.05) is 18.2 Å². The minimum Gasteiger partial charge on any atom is -0.485 e. The molecule has 7 nitrogen and oxygen atoms in total. The summed E-state index contributed by atoms with van der Waals surface area (Å²) in [5.41, 5.74) is 0.638. The lowest BCUT2D eigenvalue weighted by Gasteiger charge is -2.39. The van der Waals surface area contributed by atoms with Gasteiger partial charge in [-0.3, -0.25) is 14.7 Å². The van der Waals surface area contributed by atoms with Gasteiger partial charge in [0.15, 0.2) is 0 Å². The number of amides is 2. The molecular weight excluding hydrogens is 320 g/mol. The molecule has 1 aromatic heterocycles. The van der Waals surface area contributed by atoms with Crippen LogP contribution in [0.2, 0.25) is 0 Å². The molecule has 2 aliphatic rings. The summed E-state index contributed by atoms with van der Waals surface area (Å²) in [6, 6.07) is 9.08. The van der Waals surface area contributed by atoms with Gasteiger partial charge in [-0.15, -0.1) is 0 Å². The Morgan fingerprint density at radius 1 is 1.24 bits per heavy atom. The molecule has 3 N–H and O–H groups in total. The molecule has 1 fully saturated rings. The van der Waals surface area contributed by atoms with Crippen molar-refractivity contribution in [1.82, 2.24) is 20.8 Å². The summed E-state index contributed by atoms with van der Waals surface area (Å²) in [4.78, 5) is 24.3. The number of hydrogen-bond donors (Lipinski definition) is 3. The summed E-state index contributed by atoms with van der Waals surface area (Å²) in [6.45, 7) is 0.488. The number of ether oxygens (including phenoxy) is 1. The predicted molar refractivity (Wildman–Crippen MR) is 90.4 cm³/mol. The summed E-state index contributed by atoms with van der Waals surface area (Å²) < 4.78 is 6.27. The lowest BCUT2D eigenvalue weighted by Crippen LogP contribution is -2.51. The molecule has 2 amide bonds. The molecule has 1 saturated carbocycles. The van der Waals surface area contributed by atoms with Gasteiger partial charge in [0.1, 0.15) is 17.0 Å². The van der Waals surface area contributed by atoms with Crippen LogP contribution >= 0.6 is 0 Å². The maximum atomic E-state index is 12.2. The van der Waals surface area contributed by atoms with Gasteiger partial charge in [-0.25, -0.2) is 0 Å². The van der Waals surface area contributed by atoms with Crippen molar-refractivity contribution in [3.63, 3.8) is 0 Å². The maximum absolute atomic E-state index is 12.2. The van der Waals surface area contributed by atoms with Gasteiger partial charge < -0.3 is 15.4 Å². The monoisotopic (exact) mass is 340 g/mol. The Kier molecular flexibility index (Phi) is 3.91. The first-order chi connectivity index (χ1) is 12.2. The third-order valence-electron chi connectivity index (χ3n) is 5.01. The topological polar surface area (TPSA) is 96.1 Å². The van der Waals surface area contributed by atoms with Crippen LogP contribution in [0.15, 0.2) is 36.5 Å². The number of hydrogen-bond acceptors (Lipinski definition) is 4. The number of aromatic amines is 1. The Hall–Kier alpha value is -2.83. The number of rotatable bonds is 2. The van der Waals surface area contributed by atoms with Gasteiger partial charge in [-0.2, -0.15) is 5.10 Å². The molecule has 4 rings (SSSR count). The normalized spacial score (nSPS) is 25.4. The van der Waals surface area contributed by atoms with E-state index in [2.05, 4.69) is 20.8 Å². The van der Waals surface area contributed by atoms with Crippen molar-refractivity contribution < 1.29 is 14.3 Å². The summed E-state index contributed by atoms with van der Waals surface area (Å²) >= 11 is 0. The van der Waals surface area contributed by atoms with E-state index < -0.39 is 5.60 Å². The van der Waals surface area contributed by atoms with Gasteiger partial charge in [-0.1, -0.05) is 12.1 Å². The van der Waals surface area contributed by atoms with Crippen molar-refractivity contribution in [3.05, 3.63) is 47.8 Å². The number of aromatic nitrogens is 2. The number of para-hydroxylation sites is 1. The SMILES string of the molecule is O=C(NC1CCC2(CC1)CNC(=O)c1ccccc1O2)c1ccn[nH]1. The van der Waals surface area contributed by atoms with Crippen molar-refractivity contribution in [2.75, 3.05) is 6.54 Å². The molecule has 2 heterocycles. The van der Waals surface area contributed by atoms with E-state index >= 15 is 0 Å². The van der Waals surface area contributed by atoms with E-state index in [0.29, 0.717) is 23.6 Å². The molecule has 0 unspecified atom stereocenters. The number of benzene rings is 1. The van der Waals surface area contributed by atoms with E-state index in [9.17, 15) is 9.59 Å². The lowest BCUT2D eigenvalue weighted by molar-refractivity contribution is 0.0261. The maximum Gasteiger partial charge on any atom is 0.269 e. The van der Waals surface area contributed by atoms with Crippen molar-refractivity contribution in [2.24, 2.45) is 0 Å². The fourth-order valence-electron chi connectivity index (χ4n) is 3.56. The molecule has 130 valence electrons. The zero-order valence-corrected chi connectivity index (χ0v) is 13.7. The zero-order chi connectivity index (χ0) is 17.3. The molecular formula is C18H20N4O3. The second-order valence-electron chi connectivity index (χ2n) is 6.68. The van der Waals surface area contributed by atoms with Gasteiger partial charge >= 0.3 is 0 Å². The van der Waals surface area contributed by atoms with E-state index in [4.69, 9.17) is 4.74 Å². The first-order valence-electron chi connectivity index (χ1n) is 8.52. The van der Waals surface area contributed by atoms with E-state index in [-0.39, 0.29) is 17.9 Å². The number of carbonyl (C=O) groups is 2. The van der Waals surface area contributed by atoms with Gasteiger partial charge in [0.25, 0.3) is 11.8 Å². The van der Waals surface area contributed by atoms with E-state index in [0.717, 1.165) is 25.7 Å². The molecule has 0 bridgehead atoms. The van der Waals surface area contributed by atoms with E-state index in [1.165, 1.54) is 0 Å².